The van der Waals surface area contributed by atoms with Crippen LogP contribution in [0.4, 0.5) is 5.69 Å². The van der Waals surface area contributed by atoms with Crippen LogP contribution in [0.25, 0.3) is 6.08 Å². The highest BCUT2D eigenvalue weighted by atomic mass is 35.5. The molecule has 0 spiro atoms. The van der Waals surface area contributed by atoms with Gasteiger partial charge in [-0.1, -0.05) is 23.2 Å². The first kappa shape index (κ1) is 20.2. The third-order valence-corrected chi connectivity index (χ3v) is 4.58. The van der Waals surface area contributed by atoms with Crippen LogP contribution in [0.5, 0.6) is 23.0 Å². The van der Waals surface area contributed by atoms with Crippen molar-refractivity contribution >= 4 is 40.9 Å². The van der Waals surface area contributed by atoms with Gasteiger partial charge >= 0.3 is 0 Å². The van der Waals surface area contributed by atoms with Crippen LogP contribution in [0.3, 0.4) is 0 Å². The second-order valence-corrected chi connectivity index (χ2v) is 6.70. The second-order valence-electron chi connectivity index (χ2n) is 5.89. The molecule has 0 atom stereocenters. The van der Waals surface area contributed by atoms with Gasteiger partial charge < -0.3 is 24.3 Å². The lowest BCUT2D eigenvalue weighted by Crippen LogP contribution is -2.08. The van der Waals surface area contributed by atoms with Crippen molar-refractivity contribution in [3.8, 4) is 23.0 Å². The summed E-state index contributed by atoms with van der Waals surface area (Å²) in [5.74, 6) is 1.66. The number of hydrogen-bond donors (Lipinski definition) is 1. The van der Waals surface area contributed by atoms with E-state index in [-0.39, 0.29) is 5.91 Å². The molecule has 28 heavy (non-hydrogen) atoms. The lowest BCUT2D eigenvalue weighted by molar-refractivity contribution is -0.111. The standard InChI is InChI=1S/C20H19Cl2NO5/c1-25-16-10-13(21)15(11-17(16)26-2)23-19(24)5-4-12-8-14(22)20-18(9-12)27-6-3-7-28-20/h4-5,8-11H,3,6-7H2,1-2H3,(H,23,24)/b5-4+. The Morgan fingerprint density at radius 3 is 2.50 bits per heavy atom. The van der Waals surface area contributed by atoms with Crippen LogP contribution in [0, 0.1) is 0 Å². The Bertz CT molecular complexity index is 914. The summed E-state index contributed by atoms with van der Waals surface area (Å²) in [6.45, 7) is 1.10. The number of nitrogens with one attached hydrogen (secondary N) is 1. The zero-order valence-corrected chi connectivity index (χ0v) is 16.9. The Morgan fingerprint density at radius 2 is 1.75 bits per heavy atom. The zero-order chi connectivity index (χ0) is 20.1. The number of fused-ring (bicyclic) bond motifs is 1. The van der Waals surface area contributed by atoms with Gasteiger partial charge in [0.2, 0.25) is 5.91 Å². The van der Waals surface area contributed by atoms with Gasteiger partial charge in [0, 0.05) is 24.6 Å². The highest BCUT2D eigenvalue weighted by Crippen LogP contribution is 2.38. The zero-order valence-electron chi connectivity index (χ0n) is 15.4. The van der Waals surface area contributed by atoms with Crippen molar-refractivity contribution in [2.45, 2.75) is 6.42 Å². The van der Waals surface area contributed by atoms with Gasteiger partial charge in [0.05, 0.1) is 43.2 Å². The van der Waals surface area contributed by atoms with Crippen LogP contribution in [-0.2, 0) is 4.79 Å². The molecule has 148 valence electrons. The molecule has 2 aromatic rings. The molecule has 6 nitrogen and oxygen atoms in total. The van der Waals surface area contributed by atoms with Gasteiger partial charge in [-0.3, -0.25) is 4.79 Å². The molecule has 0 saturated heterocycles. The number of rotatable bonds is 5. The van der Waals surface area contributed by atoms with Crippen LogP contribution in [0.1, 0.15) is 12.0 Å². The Kier molecular flexibility index (Phi) is 6.54. The SMILES string of the molecule is COc1cc(Cl)c(NC(=O)/C=C/c2cc(Cl)c3c(c2)OCCCO3)cc1OC. The molecule has 0 bridgehead atoms. The third kappa shape index (κ3) is 4.64. The maximum Gasteiger partial charge on any atom is 0.248 e. The third-order valence-electron chi connectivity index (χ3n) is 3.98. The maximum atomic E-state index is 12.3. The highest BCUT2D eigenvalue weighted by Gasteiger charge is 2.15. The first-order chi connectivity index (χ1) is 13.5. The molecule has 1 aliphatic heterocycles. The van der Waals surface area contributed by atoms with Gasteiger partial charge in [-0.2, -0.15) is 0 Å². The minimum Gasteiger partial charge on any atom is -0.493 e. The fourth-order valence-electron chi connectivity index (χ4n) is 2.64. The van der Waals surface area contributed by atoms with Crippen LogP contribution < -0.4 is 24.3 Å². The van der Waals surface area contributed by atoms with Crippen LogP contribution in [0.15, 0.2) is 30.3 Å². The fourth-order valence-corrected chi connectivity index (χ4v) is 3.12. The fraction of sp³-hybridized carbons (Fsp3) is 0.250. The van der Waals surface area contributed by atoms with Crippen molar-refractivity contribution in [2.24, 2.45) is 0 Å². The molecule has 0 saturated carbocycles. The van der Waals surface area contributed by atoms with E-state index in [1.54, 1.807) is 30.3 Å². The van der Waals surface area contributed by atoms with Crippen molar-refractivity contribution < 1.29 is 23.7 Å². The summed E-state index contributed by atoms with van der Waals surface area (Å²) in [6.07, 6.45) is 3.79. The molecule has 1 N–H and O–H groups in total. The van der Waals surface area contributed by atoms with E-state index in [9.17, 15) is 4.79 Å². The van der Waals surface area contributed by atoms with Gasteiger partial charge in [0.1, 0.15) is 0 Å². The molecule has 3 rings (SSSR count). The molecule has 2 aromatic carbocycles. The summed E-state index contributed by atoms with van der Waals surface area (Å²) in [6, 6.07) is 6.66. The van der Waals surface area contributed by atoms with Crippen molar-refractivity contribution in [3.63, 3.8) is 0 Å². The molecule has 0 radical (unpaired) electrons. The average molecular weight is 424 g/mol. The van der Waals surface area contributed by atoms with E-state index in [1.165, 1.54) is 20.3 Å². The molecule has 1 amide bonds. The molecule has 1 aliphatic rings. The molecular weight excluding hydrogens is 405 g/mol. The van der Waals surface area contributed by atoms with Crippen LogP contribution >= 0.6 is 23.2 Å². The minimum atomic E-state index is -0.364. The number of benzene rings is 2. The topological polar surface area (TPSA) is 66.0 Å². The molecular formula is C20H19Cl2NO5. The van der Waals surface area contributed by atoms with Gasteiger partial charge in [0.15, 0.2) is 23.0 Å². The number of anilines is 1. The lowest BCUT2D eigenvalue weighted by atomic mass is 10.2. The number of carbonyl (C=O) groups excluding carboxylic acids is 1. The lowest BCUT2D eigenvalue weighted by Gasteiger charge is -2.12. The smallest absolute Gasteiger partial charge is 0.248 e. The number of carbonyl (C=O) groups is 1. The van der Waals surface area contributed by atoms with E-state index in [0.717, 1.165) is 6.42 Å². The van der Waals surface area contributed by atoms with Crippen molar-refractivity contribution in [2.75, 3.05) is 32.8 Å². The molecule has 0 fully saturated rings. The molecule has 8 heteroatoms. The monoisotopic (exact) mass is 423 g/mol. The van der Waals surface area contributed by atoms with Gasteiger partial charge in [-0.25, -0.2) is 0 Å². The van der Waals surface area contributed by atoms with Gasteiger partial charge in [-0.05, 0) is 23.8 Å². The van der Waals surface area contributed by atoms with E-state index in [4.69, 9.17) is 42.1 Å². The Morgan fingerprint density at radius 1 is 1.04 bits per heavy atom. The number of amides is 1. The Hall–Kier alpha value is -2.57. The Labute approximate surface area is 172 Å². The maximum absolute atomic E-state index is 12.3. The molecule has 0 unspecified atom stereocenters. The number of ether oxygens (including phenoxy) is 4. The summed E-state index contributed by atoms with van der Waals surface area (Å²) in [4.78, 5) is 12.3. The molecule has 1 heterocycles. The normalized spacial score (nSPS) is 13.1. The predicted octanol–water partition coefficient (Wildman–Crippen LogP) is 4.82. The van der Waals surface area contributed by atoms with Gasteiger partial charge in [-0.15, -0.1) is 0 Å². The first-order valence-corrected chi connectivity index (χ1v) is 9.27. The summed E-state index contributed by atoms with van der Waals surface area (Å²) in [5.41, 5.74) is 1.12. The summed E-state index contributed by atoms with van der Waals surface area (Å²) < 4.78 is 21.6. The average Bonchev–Trinajstić information content (AvgIpc) is 2.93. The van der Waals surface area contributed by atoms with E-state index in [2.05, 4.69) is 5.32 Å². The van der Waals surface area contributed by atoms with E-state index in [1.807, 2.05) is 0 Å². The number of methoxy groups -OCH3 is 2. The van der Waals surface area contributed by atoms with Crippen molar-refractivity contribution in [3.05, 3.63) is 46.0 Å². The second kappa shape index (κ2) is 9.08. The minimum absolute atomic E-state index is 0.332. The quantitative estimate of drug-likeness (QED) is 0.697. The van der Waals surface area contributed by atoms with E-state index < -0.39 is 0 Å². The van der Waals surface area contributed by atoms with E-state index in [0.29, 0.717) is 57.5 Å². The van der Waals surface area contributed by atoms with Crippen molar-refractivity contribution in [1.29, 1.82) is 0 Å². The summed E-state index contributed by atoms with van der Waals surface area (Å²) in [7, 11) is 3.01. The largest absolute Gasteiger partial charge is 0.493 e. The van der Waals surface area contributed by atoms with E-state index >= 15 is 0 Å². The number of halogens is 2. The van der Waals surface area contributed by atoms with Gasteiger partial charge in [0.25, 0.3) is 0 Å². The molecule has 0 aliphatic carbocycles. The van der Waals surface area contributed by atoms with Crippen molar-refractivity contribution in [1.82, 2.24) is 0 Å². The van der Waals surface area contributed by atoms with Crippen LogP contribution in [0.2, 0.25) is 10.0 Å². The number of hydrogen-bond acceptors (Lipinski definition) is 5. The Balaban J connectivity index is 1.76. The molecule has 0 aromatic heterocycles. The first-order valence-electron chi connectivity index (χ1n) is 8.51. The summed E-state index contributed by atoms with van der Waals surface area (Å²) >= 11 is 12.5. The highest BCUT2D eigenvalue weighted by molar-refractivity contribution is 6.34. The van der Waals surface area contributed by atoms with Crippen LogP contribution in [-0.4, -0.2) is 33.3 Å². The predicted molar refractivity (Wildman–Crippen MR) is 109 cm³/mol. The summed E-state index contributed by atoms with van der Waals surface area (Å²) in [5, 5.41) is 3.48.